The van der Waals surface area contributed by atoms with E-state index in [1.54, 1.807) is 0 Å². The number of Topliss-reactive ketones (excluding diaryl/α,β-unsaturated/α-hetero) is 3. The standard InChI is InChI=1S/C8H11NO2.C4H5ClO2.C4H7N/c1-6(10)4-7(11)8(2,3)5-9;1-3(6)2-4(5)7;1-4(2)3-5/h4H2,1-3H3;2H2,1H3;4H,1-2H3. The van der Waals surface area contributed by atoms with Crippen molar-refractivity contribution in [2.24, 2.45) is 11.3 Å². The van der Waals surface area contributed by atoms with Crippen LogP contribution in [0.1, 0.15) is 54.4 Å². The van der Waals surface area contributed by atoms with Crippen LogP contribution in [0, 0.1) is 34.0 Å². The number of nitrogens with zero attached hydrogens (tertiary/aromatic N) is 2. The fraction of sp³-hybridized carbons (Fsp3) is 0.625. The van der Waals surface area contributed by atoms with Gasteiger partial charge >= 0.3 is 0 Å². The first-order valence-corrected chi connectivity index (χ1v) is 7.19. The van der Waals surface area contributed by atoms with Crippen molar-refractivity contribution in [3.8, 4) is 12.1 Å². The highest BCUT2D eigenvalue weighted by Crippen LogP contribution is 2.16. The summed E-state index contributed by atoms with van der Waals surface area (Å²) in [6.07, 6.45) is -0.290. The van der Waals surface area contributed by atoms with Crippen LogP contribution in [0.15, 0.2) is 0 Å². The van der Waals surface area contributed by atoms with Gasteiger partial charge in [0.1, 0.15) is 17.0 Å². The zero-order chi connectivity index (χ0) is 19.2. The lowest BCUT2D eigenvalue weighted by atomic mass is 9.87. The Kier molecular flexibility index (Phi) is 15.3. The first-order chi connectivity index (χ1) is 10.3. The quantitative estimate of drug-likeness (QED) is 0.560. The molecule has 0 unspecified atom stereocenters. The largest absolute Gasteiger partial charge is 0.300 e. The molecule has 0 N–H and O–H groups in total. The van der Waals surface area contributed by atoms with Crippen molar-refractivity contribution in [3.63, 3.8) is 0 Å². The summed E-state index contributed by atoms with van der Waals surface area (Å²) in [6, 6.07) is 3.87. The van der Waals surface area contributed by atoms with Crippen LogP contribution in [-0.4, -0.2) is 22.6 Å². The fourth-order valence-electron chi connectivity index (χ4n) is 0.705. The van der Waals surface area contributed by atoms with Crippen LogP contribution in [0.2, 0.25) is 0 Å². The molecular formula is C16H23ClN2O4. The maximum absolute atomic E-state index is 11.1. The van der Waals surface area contributed by atoms with Gasteiger partial charge in [0.25, 0.3) is 0 Å². The lowest BCUT2D eigenvalue weighted by Crippen LogP contribution is -2.23. The second kappa shape index (κ2) is 13.6. The minimum atomic E-state index is -1.02. The van der Waals surface area contributed by atoms with Gasteiger partial charge in [-0.05, 0) is 53.1 Å². The predicted octanol–water partition coefficient (Wildman–Crippen LogP) is 2.98. The van der Waals surface area contributed by atoms with Gasteiger partial charge < -0.3 is 0 Å². The van der Waals surface area contributed by atoms with E-state index in [2.05, 4.69) is 0 Å². The van der Waals surface area contributed by atoms with E-state index in [0.717, 1.165) is 0 Å². The molecule has 0 amide bonds. The second-order valence-corrected chi connectivity index (χ2v) is 5.98. The molecule has 0 saturated carbocycles. The van der Waals surface area contributed by atoms with Crippen LogP contribution in [0.3, 0.4) is 0 Å². The van der Waals surface area contributed by atoms with Crippen LogP contribution in [-0.2, 0) is 19.2 Å². The van der Waals surface area contributed by atoms with E-state index in [1.165, 1.54) is 27.7 Å². The van der Waals surface area contributed by atoms with Gasteiger partial charge in [-0.3, -0.25) is 19.2 Å². The third-order valence-electron chi connectivity index (χ3n) is 2.03. The summed E-state index contributed by atoms with van der Waals surface area (Å²) in [5, 5.41) is 15.8. The number of hydrogen-bond acceptors (Lipinski definition) is 6. The SMILES string of the molecule is CC(=O)CC(=O)C(C)(C)C#N.CC(=O)CC(=O)Cl.CC(C)C#N. The van der Waals surface area contributed by atoms with Gasteiger partial charge in [0, 0.05) is 5.92 Å². The molecule has 0 atom stereocenters. The molecule has 0 bridgehead atoms. The van der Waals surface area contributed by atoms with Gasteiger partial charge in [0.15, 0.2) is 5.78 Å². The normalized spacial score (nSPS) is 9.13. The van der Waals surface area contributed by atoms with Gasteiger partial charge in [-0.2, -0.15) is 10.5 Å². The van der Waals surface area contributed by atoms with E-state index in [9.17, 15) is 19.2 Å². The lowest BCUT2D eigenvalue weighted by molar-refractivity contribution is -0.130. The number of halogens is 1. The second-order valence-electron chi connectivity index (χ2n) is 5.56. The molecule has 128 valence electrons. The van der Waals surface area contributed by atoms with Crippen molar-refractivity contribution in [3.05, 3.63) is 0 Å². The molecule has 0 aliphatic carbocycles. The molecule has 7 heteroatoms. The lowest BCUT2D eigenvalue weighted by Gasteiger charge is -2.11. The molecule has 0 radical (unpaired) electrons. The minimum absolute atomic E-state index is 0.138. The fourth-order valence-corrected chi connectivity index (χ4v) is 0.893. The summed E-state index contributed by atoms with van der Waals surface area (Å²) in [6.45, 7) is 9.40. The Morgan fingerprint density at radius 3 is 1.48 bits per heavy atom. The Morgan fingerprint density at radius 1 is 1.00 bits per heavy atom. The van der Waals surface area contributed by atoms with Crippen LogP contribution in [0.25, 0.3) is 0 Å². The van der Waals surface area contributed by atoms with Crippen LogP contribution >= 0.6 is 11.6 Å². The van der Waals surface area contributed by atoms with Crippen LogP contribution in [0.5, 0.6) is 0 Å². The van der Waals surface area contributed by atoms with E-state index in [0.29, 0.717) is 0 Å². The number of carbonyl (C=O) groups is 4. The Morgan fingerprint density at radius 2 is 1.35 bits per heavy atom. The van der Waals surface area contributed by atoms with Crippen molar-refractivity contribution >= 4 is 34.2 Å². The Hall–Kier alpha value is -2.05. The molecule has 0 saturated heterocycles. The number of rotatable bonds is 5. The molecule has 0 aromatic heterocycles. The van der Waals surface area contributed by atoms with E-state index in [-0.39, 0.29) is 36.1 Å². The van der Waals surface area contributed by atoms with Crippen molar-refractivity contribution in [2.45, 2.75) is 54.4 Å². The van der Waals surface area contributed by atoms with Crippen molar-refractivity contribution in [2.75, 3.05) is 0 Å². The Labute approximate surface area is 142 Å². The summed E-state index contributed by atoms with van der Waals surface area (Å²) < 4.78 is 0. The van der Waals surface area contributed by atoms with Gasteiger partial charge in [-0.1, -0.05) is 0 Å². The summed E-state index contributed by atoms with van der Waals surface area (Å²) in [5.74, 6) is -0.513. The summed E-state index contributed by atoms with van der Waals surface area (Å²) in [7, 11) is 0. The van der Waals surface area contributed by atoms with Crippen LogP contribution in [0.4, 0.5) is 0 Å². The summed E-state index contributed by atoms with van der Waals surface area (Å²) in [4.78, 5) is 41.3. The van der Waals surface area contributed by atoms with E-state index in [4.69, 9.17) is 22.1 Å². The molecule has 0 rings (SSSR count). The highest BCUT2D eigenvalue weighted by molar-refractivity contribution is 6.64. The molecule has 6 nitrogen and oxygen atoms in total. The Bertz CT molecular complexity index is 499. The van der Waals surface area contributed by atoms with Gasteiger partial charge in [0.2, 0.25) is 5.24 Å². The summed E-state index contributed by atoms with van der Waals surface area (Å²) in [5.41, 5.74) is -1.02. The van der Waals surface area contributed by atoms with Gasteiger partial charge in [-0.25, -0.2) is 0 Å². The average molecular weight is 343 g/mol. The molecule has 23 heavy (non-hydrogen) atoms. The van der Waals surface area contributed by atoms with E-state index >= 15 is 0 Å². The predicted molar refractivity (Wildman–Crippen MR) is 86.3 cm³/mol. The molecular weight excluding hydrogens is 320 g/mol. The Balaban J connectivity index is -0.000000286. The van der Waals surface area contributed by atoms with E-state index in [1.807, 2.05) is 26.0 Å². The number of hydrogen-bond donors (Lipinski definition) is 0. The first-order valence-electron chi connectivity index (χ1n) is 6.81. The average Bonchev–Trinajstić information content (AvgIpc) is 2.37. The summed E-state index contributed by atoms with van der Waals surface area (Å²) >= 11 is 4.81. The first kappa shape index (κ1) is 25.9. The van der Waals surface area contributed by atoms with Gasteiger partial charge in [-0.15, -0.1) is 0 Å². The van der Waals surface area contributed by atoms with Crippen LogP contribution < -0.4 is 0 Å². The molecule has 0 aliphatic rings. The minimum Gasteiger partial charge on any atom is -0.300 e. The number of ketones is 3. The highest BCUT2D eigenvalue weighted by atomic mass is 35.5. The third kappa shape index (κ3) is 22.4. The smallest absolute Gasteiger partial charge is 0.229 e. The zero-order valence-electron chi connectivity index (χ0n) is 14.4. The molecule has 0 heterocycles. The highest BCUT2D eigenvalue weighted by Gasteiger charge is 2.27. The monoisotopic (exact) mass is 342 g/mol. The zero-order valence-corrected chi connectivity index (χ0v) is 15.2. The molecule has 0 aliphatic heterocycles. The molecule has 0 aromatic carbocycles. The molecule has 0 fully saturated rings. The maximum Gasteiger partial charge on any atom is 0.229 e. The van der Waals surface area contributed by atoms with Gasteiger partial charge in [0.05, 0.1) is 25.0 Å². The number of carbonyl (C=O) groups excluding carboxylic acids is 4. The topological polar surface area (TPSA) is 116 Å². The van der Waals surface area contributed by atoms with Crippen molar-refractivity contribution in [1.82, 2.24) is 0 Å². The maximum atomic E-state index is 11.1. The van der Waals surface area contributed by atoms with Crippen molar-refractivity contribution in [1.29, 1.82) is 10.5 Å². The molecule has 0 aromatic rings. The number of nitriles is 2. The molecule has 0 spiro atoms. The third-order valence-corrected chi connectivity index (χ3v) is 2.17. The van der Waals surface area contributed by atoms with Crippen molar-refractivity contribution < 1.29 is 19.2 Å². The van der Waals surface area contributed by atoms with E-state index < -0.39 is 10.7 Å².